The van der Waals surface area contributed by atoms with Crippen molar-refractivity contribution in [3.63, 3.8) is 0 Å². The van der Waals surface area contributed by atoms with E-state index < -0.39 is 29.9 Å². The molecule has 0 bridgehead atoms. The van der Waals surface area contributed by atoms with E-state index in [0.717, 1.165) is 18.9 Å². The van der Waals surface area contributed by atoms with Crippen LogP contribution < -0.4 is 4.74 Å². The minimum absolute atomic E-state index is 0.123. The van der Waals surface area contributed by atoms with Gasteiger partial charge in [-0.25, -0.2) is 18.4 Å². The summed E-state index contributed by atoms with van der Waals surface area (Å²) in [5, 5.41) is 5.59. The zero-order valence-corrected chi connectivity index (χ0v) is 20.0. The Morgan fingerprint density at radius 1 is 1.09 bits per heavy atom. The van der Waals surface area contributed by atoms with Crippen molar-refractivity contribution in [2.24, 2.45) is 0 Å². The number of rotatable bonds is 5. The summed E-state index contributed by atoms with van der Waals surface area (Å²) >= 11 is 12.6. The zero-order chi connectivity index (χ0) is 24.7. The Morgan fingerprint density at radius 2 is 1.86 bits per heavy atom. The maximum Gasteiger partial charge on any atom is 0.248 e. The number of ether oxygens (including phenoxy) is 2. The molecule has 0 spiro atoms. The van der Waals surface area contributed by atoms with E-state index in [1.165, 1.54) is 30.7 Å². The average Bonchev–Trinajstić information content (AvgIpc) is 3.21. The first-order valence-electron chi connectivity index (χ1n) is 10.9. The molecule has 1 aliphatic rings. The Kier molecular flexibility index (Phi) is 6.57. The largest absolute Gasteiger partial charge is 0.485 e. The van der Waals surface area contributed by atoms with E-state index in [9.17, 15) is 13.2 Å². The molecule has 11 heteroatoms. The minimum atomic E-state index is -1.23. The molecule has 0 aliphatic carbocycles. The molecule has 182 valence electrons. The molecular weight excluding hydrogens is 504 g/mol. The van der Waals surface area contributed by atoms with Crippen LogP contribution in [-0.4, -0.2) is 26.4 Å². The number of halogens is 5. The Labute approximate surface area is 208 Å². The standard InChI is InChI=1S/C24H19Cl2F3N4O2/c1-12(21-15(25)10-30-11-16(21)26)35-19-8-14(27)7-18-22(19)23(13-6-17(28)24(29)31-9-13)32-33(18)20-4-2-3-5-34-20/h6-12,20H,2-5H2,1H3/t12-,20?/m1/s1. The second-order valence-corrected chi connectivity index (χ2v) is 9.00. The molecule has 1 fully saturated rings. The van der Waals surface area contributed by atoms with Crippen LogP contribution in [0.3, 0.4) is 0 Å². The van der Waals surface area contributed by atoms with Gasteiger partial charge in [0.05, 0.1) is 20.9 Å². The summed E-state index contributed by atoms with van der Waals surface area (Å²) in [6, 6.07) is 3.50. The SMILES string of the molecule is C[C@@H](Oc1cc(F)cc2c1c(-c1cnc(F)c(F)c1)nn2C1CCCCO1)c1c(Cl)cncc1Cl. The van der Waals surface area contributed by atoms with Gasteiger partial charge in [0.25, 0.3) is 0 Å². The fourth-order valence-electron chi connectivity index (χ4n) is 4.24. The zero-order valence-electron chi connectivity index (χ0n) is 18.4. The highest BCUT2D eigenvalue weighted by atomic mass is 35.5. The second-order valence-electron chi connectivity index (χ2n) is 8.19. The van der Waals surface area contributed by atoms with Crippen LogP contribution in [0.2, 0.25) is 10.0 Å². The number of pyridine rings is 2. The first-order valence-corrected chi connectivity index (χ1v) is 11.7. The van der Waals surface area contributed by atoms with Crippen molar-refractivity contribution in [1.29, 1.82) is 0 Å². The van der Waals surface area contributed by atoms with Gasteiger partial charge in [0.1, 0.15) is 23.4 Å². The van der Waals surface area contributed by atoms with E-state index in [0.29, 0.717) is 29.5 Å². The summed E-state index contributed by atoms with van der Waals surface area (Å²) in [4.78, 5) is 7.43. The highest BCUT2D eigenvalue weighted by Crippen LogP contribution is 2.41. The lowest BCUT2D eigenvalue weighted by molar-refractivity contribution is -0.0365. The predicted molar refractivity (Wildman–Crippen MR) is 125 cm³/mol. The number of hydrogen-bond donors (Lipinski definition) is 0. The molecule has 4 aromatic rings. The van der Waals surface area contributed by atoms with Gasteiger partial charge in [0.2, 0.25) is 5.95 Å². The molecule has 1 aliphatic heterocycles. The lowest BCUT2D eigenvalue weighted by atomic mass is 10.1. The average molecular weight is 523 g/mol. The van der Waals surface area contributed by atoms with Gasteiger partial charge in [-0.15, -0.1) is 0 Å². The molecule has 6 nitrogen and oxygen atoms in total. The third-order valence-electron chi connectivity index (χ3n) is 5.84. The molecule has 2 atom stereocenters. The van der Waals surface area contributed by atoms with Crippen molar-refractivity contribution in [3.8, 4) is 17.0 Å². The quantitative estimate of drug-likeness (QED) is 0.262. The molecule has 0 saturated carbocycles. The number of benzene rings is 1. The molecule has 5 rings (SSSR count). The Morgan fingerprint density at radius 3 is 2.54 bits per heavy atom. The molecule has 1 unspecified atom stereocenters. The summed E-state index contributed by atoms with van der Waals surface area (Å²) in [6.07, 6.45) is 5.35. The van der Waals surface area contributed by atoms with Crippen molar-refractivity contribution < 1.29 is 22.6 Å². The van der Waals surface area contributed by atoms with E-state index in [2.05, 4.69) is 15.1 Å². The summed E-state index contributed by atoms with van der Waals surface area (Å²) < 4.78 is 56.1. The van der Waals surface area contributed by atoms with Crippen LogP contribution in [0.4, 0.5) is 13.2 Å². The van der Waals surface area contributed by atoms with E-state index in [4.69, 9.17) is 32.7 Å². The fraction of sp³-hybridized carbons (Fsp3) is 0.292. The minimum Gasteiger partial charge on any atom is -0.485 e. The van der Waals surface area contributed by atoms with Gasteiger partial charge in [-0.1, -0.05) is 23.2 Å². The van der Waals surface area contributed by atoms with Crippen LogP contribution >= 0.6 is 23.2 Å². The first kappa shape index (κ1) is 23.8. The molecule has 0 amide bonds. The van der Waals surface area contributed by atoms with Crippen LogP contribution in [-0.2, 0) is 4.74 Å². The van der Waals surface area contributed by atoms with Crippen LogP contribution in [0, 0.1) is 17.6 Å². The van der Waals surface area contributed by atoms with Crippen LogP contribution in [0.1, 0.15) is 44.1 Å². The molecule has 4 heterocycles. The molecular formula is C24H19Cl2F3N4O2. The lowest BCUT2D eigenvalue weighted by Gasteiger charge is -2.23. The Balaban J connectivity index is 1.70. The summed E-state index contributed by atoms with van der Waals surface area (Å²) in [5.74, 6) is -2.81. The summed E-state index contributed by atoms with van der Waals surface area (Å²) in [5.41, 5.74) is 1.30. The van der Waals surface area contributed by atoms with Gasteiger partial charge in [0.15, 0.2) is 12.0 Å². The molecule has 0 radical (unpaired) electrons. The lowest BCUT2D eigenvalue weighted by Crippen LogP contribution is -2.19. The topological polar surface area (TPSA) is 62.1 Å². The normalized spacial score (nSPS) is 17.0. The van der Waals surface area contributed by atoms with Crippen LogP contribution in [0.25, 0.3) is 22.2 Å². The van der Waals surface area contributed by atoms with Gasteiger partial charge in [-0.3, -0.25) is 4.98 Å². The molecule has 0 N–H and O–H groups in total. The van der Waals surface area contributed by atoms with Gasteiger partial charge in [-0.05, 0) is 32.3 Å². The van der Waals surface area contributed by atoms with Crippen molar-refractivity contribution in [3.05, 3.63) is 70.0 Å². The van der Waals surface area contributed by atoms with E-state index in [1.54, 1.807) is 11.6 Å². The van der Waals surface area contributed by atoms with E-state index >= 15 is 0 Å². The van der Waals surface area contributed by atoms with Crippen molar-refractivity contribution in [1.82, 2.24) is 19.7 Å². The predicted octanol–water partition coefficient (Wildman–Crippen LogP) is 7.06. The third kappa shape index (κ3) is 4.55. The van der Waals surface area contributed by atoms with E-state index in [-0.39, 0.29) is 27.1 Å². The molecule has 3 aromatic heterocycles. The van der Waals surface area contributed by atoms with Crippen molar-refractivity contribution in [2.45, 2.75) is 38.5 Å². The van der Waals surface area contributed by atoms with Gasteiger partial charge in [0, 0.05) is 48.5 Å². The number of aromatic nitrogens is 4. The number of hydrogen-bond acceptors (Lipinski definition) is 5. The first-order chi connectivity index (χ1) is 16.8. The Bertz CT molecular complexity index is 1390. The Hall–Kier alpha value is -2.88. The summed E-state index contributed by atoms with van der Waals surface area (Å²) in [6.45, 7) is 2.24. The second kappa shape index (κ2) is 9.64. The maximum atomic E-state index is 14.8. The maximum absolute atomic E-state index is 14.8. The highest BCUT2D eigenvalue weighted by molar-refractivity contribution is 6.35. The van der Waals surface area contributed by atoms with Gasteiger partial charge in [-0.2, -0.15) is 9.49 Å². The monoisotopic (exact) mass is 522 g/mol. The molecule has 1 aromatic carbocycles. The van der Waals surface area contributed by atoms with Crippen LogP contribution in [0.5, 0.6) is 5.75 Å². The van der Waals surface area contributed by atoms with Gasteiger partial charge >= 0.3 is 0 Å². The number of nitrogens with zero attached hydrogens (tertiary/aromatic N) is 4. The number of fused-ring (bicyclic) bond motifs is 1. The molecule has 1 saturated heterocycles. The van der Waals surface area contributed by atoms with Crippen molar-refractivity contribution >= 4 is 34.1 Å². The fourth-order valence-corrected chi connectivity index (χ4v) is 4.91. The highest BCUT2D eigenvalue weighted by Gasteiger charge is 2.27. The van der Waals surface area contributed by atoms with Crippen molar-refractivity contribution in [2.75, 3.05) is 6.61 Å². The summed E-state index contributed by atoms with van der Waals surface area (Å²) in [7, 11) is 0. The molecule has 35 heavy (non-hydrogen) atoms. The van der Waals surface area contributed by atoms with Crippen LogP contribution in [0.15, 0.2) is 36.8 Å². The smallest absolute Gasteiger partial charge is 0.248 e. The third-order valence-corrected chi connectivity index (χ3v) is 6.44. The van der Waals surface area contributed by atoms with E-state index in [1.807, 2.05) is 0 Å². The van der Waals surface area contributed by atoms with Gasteiger partial charge < -0.3 is 9.47 Å².